The van der Waals surface area contributed by atoms with Crippen LogP contribution in [0.3, 0.4) is 0 Å². The van der Waals surface area contributed by atoms with Crippen LogP contribution in [0.2, 0.25) is 0 Å². The summed E-state index contributed by atoms with van der Waals surface area (Å²) < 4.78 is 0. The van der Waals surface area contributed by atoms with Crippen LogP contribution < -0.4 is 10.6 Å². The third-order valence-corrected chi connectivity index (χ3v) is 7.32. The highest BCUT2D eigenvalue weighted by Crippen LogP contribution is 2.50. The number of rotatable bonds is 4. The van der Waals surface area contributed by atoms with Crippen LogP contribution in [0.4, 0.5) is 0 Å². The zero-order valence-corrected chi connectivity index (χ0v) is 14.4. The number of carbonyl (C=O) groups is 2. The molecule has 3 fully saturated rings. The minimum Gasteiger partial charge on any atom is -0.477 e. The molecule has 6 unspecified atom stereocenters. The highest BCUT2D eigenvalue weighted by Gasteiger charge is 2.52. The molecule has 4 aliphatic heterocycles. The number of aliphatic hydroxyl groups excluding tert-OH is 1. The van der Waals surface area contributed by atoms with E-state index < -0.39 is 12.2 Å². The Morgan fingerprint density at radius 2 is 2.17 bits per heavy atom. The van der Waals surface area contributed by atoms with Gasteiger partial charge in [0.05, 0.1) is 5.92 Å². The molecular formula is C16H23N3O4S. The van der Waals surface area contributed by atoms with Crippen molar-refractivity contribution < 1.29 is 19.8 Å². The van der Waals surface area contributed by atoms with Crippen LogP contribution in [-0.2, 0) is 9.59 Å². The van der Waals surface area contributed by atoms with E-state index in [1.807, 2.05) is 6.92 Å². The topological polar surface area (TPSA) is 102 Å². The number of carbonyl (C=O) groups excluding carboxylic acids is 1. The number of carboxylic acid groups (broad SMARTS) is 1. The predicted octanol–water partition coefficient (Wildman–Crippen LogP) is -0.0752. The average Bonchev–Trinajstić information content (AvgIpc) is 3.19. The SMILES string of the molecule is CC1C(SC2CNC(C3CCNC3=O)C2)=C(C(=O)O)N2C(O)CC12. The molecule has 132 valence electrons. The van der Waals surface area contributed by atoms with Crippen LogP contribution >= 0.6 is 11.8 Å². The number of hydrogen-bond acceptors (Lipinski definition) is 6. The van der Waals surface area contributed by atoms with Crippen molar-refractivity contribution in [2.75, 3.05) is 13.1 Å². The molecule has 0 aromatic heterocycles. The third-order valence-electron chi connectivity index (χ3n) is 5.81. The predicted molar refractivity (Wildman–Crippen MR) is 89.0 cm³/mol. The number of aliphatic carboxylic acids is 1. The highest BCUT2D eigenvalue weighted by atomic mass is 32.2. The lowest BCUT2D eigenvalue weighted by Gasteiger charge is -2.44. The smallest absolute Gasteiger partial charge is 0.353 e. The minimum atomic E-state index is -0.955. The molecule has 4 aliphatic rings. The van der Waals surface area contributed by atoms with Crippen molar-refractivity contribution in [1.82, 2.24) is 15.5 Å². The Labute approximate surface area is 144 Å². The second-order valence-corrected chi connectivity index (χ2v) is 8.52. The maximum absolute atomic E-state index is 11.9. The molecule has 0 radical (unpaired) electrons. The molecule has 24 heavy (non-hydrogen) atoms. The standard InChI is InChI=1S/C16H23N3O4S/c1-7-11-5-12(20)19(11)13(16(22)23)14(7)24-8-4-10(18-6-8)9-2-3-17-15(9)21/h7-12,18,20H,2-6H2,1H3,(H,17,21)(H,22,23). The summed E-state index contributed by atoms with van der Waals surface area (Å²) in [5, 5.41) is 26.1. The van der Waals surface area contributed by atoms with Crippen molar-refractivity contribution in [1.29, 1.82) is 0 Å². The van der Waals surface area contributed by atoms with Gasteiger partial charge in [0.2, 0.25) is 5.91 Å². The first-order valence-corrected chi connectivity index (χ1v) is 9.47. The molecule has 0 saturated carbocycles. The van der Waals surface area contributed by atoms with Crippen LogP contribution in [0.5, 0.6) is 0 Å². The molecule has 4 N–H and O–H groups in total. The molecule has 0 aromatic rings. The second kappa shape index (κ2) is 5.93. The lowest BCUT2D eigenvalue weighted by atomic mass is 9.93. The summed E-state index contributed by atoms with van der Waals surface area (Å²) in [5.74, 6) is -0.655. The fraction of sp³-hybridized carbons (Fsp3) is 0.750. The molecule has 0 spiro atoms. The molecule has 3 saturated heterocycles. The summed E-state index contributed by atoms with van der Waals surface area (Å²) in [6.45, 7) is 3.58. The molecule has 1 amide bonds. The van der Waals surface area contributed by atoms with Gasteiger partial charge in [-0.3, -0.25) is 4.79 Å². The Bertz CT molecular complexity index is 610. The first-order valence-electron chi connectivity index (χ1n) is 8.59. The summed E-state index contributed by atoms with van der Waals surface area (Å²) in [7, 11) is 0. The van der Waals surface area contributed by atoms with Gasteiger partial charge >= 0.3 is 5.97 Å². The summed E-state index contributed by atoms with van der Waals surface area (Å²) in [4.78, 5) is 26.1. The number of nitrogens with one attached hydrogen (secondary N) is 2. The van der Waals surface area contributed by atoms with Gasteiger partial charge in [0.15, 0.2) is 0 Å². The lowest BCUT2D eigenvalue weighted by Crippen LogP contribution is -2.54. The second-order valence-electron chi connectivity index (χ2n) is 7.17. The number of thioether (sulfide) groups is 1. The molecule has 0 bridgehead atoms. The normalized spacial score (nSPS) is 41.4. The first kappa shape index (κ1) is 16.2. The highest BCUT2D eigenvalue weighted by molar-refractivity contribution is 8.03. The number of fused-ring (bicyclic) bond motifs is 1. The minimum absolute atomic E-state index is 0.0336. The molecule has 7 nitrogen and oxygen atoms in total. The molecule has 8 heteroatoms. The van der Waals surface area contributed by atoms with Gasteiger partial charge < -0.3 is 25.7 Å². The fourth-order valence-corrected chi connectivity index (χ4v) is 6.01. The van der Waals surface area contributed by atoms with Gasteiger partial charge in [0, 0.05) is 47.7 Å². The summed E-state index contributed by atoms with van der Waals surface area (Å²) >= 11 is 1.62. The van der Waals surface area contributed by atoms with E-state index in [-0.39, 0.29) is 40.8 Å². The Kier molecular flexibility index (Phi) is 4.01. The van der Waals surface area contributed by atoms with Crippen molar-refractivity contribution >= 4 is 23.6 Å². The summed E-state index contributed by atoms with van der Waals surface area (Å²) in [6.07, 6.45) is 1.71. The van der Waals surface area contributed by atoms with Gasteiger partial charge in [-0.1, -0.05) is 6.92 Å². The molecular weight excluding hydrogens is 330 g/mol. The van der Waals surface area contributed by atoms with Gasteiger partial charge in [0.25, 0.3) is 0 Å². The van der Waals surface area contributed by atoms with Crippen molar-refractivity contribution in [3.63, 3.8) is 0 Å². The number of aliphatic hydroxyl groups is 1. The van der Waals surface area contributed by atoms with Crippen LogP contribution in [-0.4, -0.2) is 63.6 Å². The summed E-state index contributed by atoms with van der Waals surface area (Å²) in [5.41, 5.74) is 0.276. The number of hydrogen-bond donors (Lipinski definition) is 4. The average molecular weight is 353 g/mol. The van der Waals surface area contributed by atoms with Crippen LogP contribution in [0, 0.1) is 11.8 Å². The zero-order chi connectivity index (χ0) is 17.0. The van der Waals surface area contributed by atoms with Crippen LogP contribution in [0.1, 0.15) is 26.2 Å². The molecule has 4 heterocycles. The van der Waals surface area contributed by atoms with Gasteiger partial charge in [0.1, 0.15) is 11.9 Å². The van der Waals surface area contributed by atoms with Crippen LogP contribution in [0.15, 0.2) is 10.6 Å². The zero-order valence-electron chi connectivity index (χ0n) is 13.6. The van der Waals surface area contributed by atoms with E-state index >= 15 is 0 Å². The molecule has 0 aliphatic carbocycles. The van der Waals surface area contributed by atoms with E-state index in [4.69, 9.17) is 0 Å². The van der Waals surface area contributed by atoms with Crippen molar-refractivity contribution in [2.24, 2.45) is 11.8 Å². The quantitative estimate of drug-likeness (QED) is 0.561. The van der Waals surface area contributed by atoms with E-state index in [0.29, 0.717) is 6.42 Å². The first-order chi connectivity index (χ1) is 11.5. The maximum Gasteiger partial charge on any atom is 0.353 e. The van der Waals surface area contributed by atoms with E-state index in [9.17, 15) is 19.8 Å². The monoisotopic (exact) mass is 353 g/mol. The number of amides is 1. The Hall–Kier alpha value is -1.25. The number of nitrogens with zero attached hydrogens (tertiary/aromatic N) is 1. The maximum atomic E-state index is 11.9. The van der Waals surface area contributed by atoms with E-state index in [1.54, 1.807) is 16.7 Å². The Morgan fingerprint density at radius 1 is 1.38 bits per heavy atom. The van der Waals surface area contributed by atoms with Gasteiger partial charge in [-0.05, 0) is 12.8 Å². The molecule has 4 rings (SSSR count). The van der Waals surface area contributed by atoms with E-state index in [1.165, 1.54) is 0 Å². The van der Waals surface area contributed by atoms with Gasteiger partial charge in [-0.25, -0.2) is 4.79 Å². The van der Waals surface area contributed by atoms with Gasteiger partial charge in [-0.15, -0.1) is 11.8 Å². The van der Waals surface area contributed by atoms with Gasteiger partial charge in [-0.2, -0.15) is 0 Å². The van der Waals surface area contributed by atoms with Crippen molar-refractivity contribution in [3.8, 4) is 0 Å². The molecule has 0 aromatic carbocycles. The summed E-state index contributed by atoms with van der Waals surface area (Å²) in [6, 6.07) is 0.289. The third kappa shape index (κ3) is 2.43. The van der Waals surface area contributed by atoms with Crippen molar-refractivity contribution in [2.45, 2.75) is 49.7 Å². The molecule has 6 atom stereocenters. The largest absolute Gasteiger partial charge is 0.477 e. The van der Waals surface area contributed by atoms with Crippen molar-refractivity contribution in [3.05, 3.63) is 10.6 Å². The Morgan fingerprint density at radius 3 is 2.79 bits per heavy atom. The van der Waals surface area contributed by atoms with Crippen LogP contribution in [0.25, 0.3) is 0 Å². The lowest BCUT2D eigenvalue weighted by molar-refractivity contribution is -0.143. The fourth-order valence-electron chi connectivity index (χ4n) is 4.49. The van der Waals surface area contributed by atoms with E-state index in [0.717, 1.165) is 30.8 Å². The number of carboxylic acids is 1. The Balaban J connectivity index is 1.47. The van der Waals surface area contributed by atoms with E-state index in [2.05, 4.69) is 10.6 Å².